The van der Waals surface area contributed by atoms with Crippen LogP contribution in [0.3, 0.4) is 0 Å². The van der Waals surface area contributed by atoms with E-state index in [0.29, 0.717) is 6.61 Å². The number of unbranched alkanes of at least 4 members (excludes halogenated alkanes) is 5. The van der Waals surface area contributed by atoms with Gasteiger partial charge < -0.3 is 33.6 Å². The van der Waals surface area contributed by atoms with Gasteiger partial charge in [0.15, 0.2) is 0 Å². The molecule has 2 nitrogen and oxygen atoms in total. The van der Waals surface area contributed by atoms with Gasteiger partial charge in [-0.05, 0) is 32.1 Å². The van der Waals surface area contributed by atoms with E-state index in [1.807, 2.05) is 0 Å². The van der Waals surface area contributed by atoms with E-state index < -0.39 is 0 Å². The number of aliphatic hydroxyl groups excluding tert-OH is 1. The summed E-state index contributed by atoms with van der Waals surface area (Å²) in [6.45, 7) is 11.9. The lowest BCUT2D eigenvalue weighted by Crippen LogP contribution is -3.00. The Kier molecular flexibility index (Phi) is 17.4. The minimum Gasteiger partial charge on any atom is -1.00 e. The van der Waals surface area contributed by atoms with E-state index in [0.717, 1.165) is 6.54 Å². The van der Waals surface area contributed by atoms with Crippen molar-refractivity contribution in [1.82, 2.24) is 0 Å². The molecule has 0 fully saturated rings. The molecule has 0 aromatic carbocycles. The van der Waals surface area contributed by atoms with Crippen LogP contribution in [0.15, 0.2) is 0 Å². The van der Waals surface area contributed by atoms with Gasteiger partial charge >= 0.3 is 0 Å². The van der Waals surface area contributed by atoms with E-state index in [9.17, 15) is 5.11 Å². The van der Waals surface area contributed by atoms with Gasteiger partial charge in [-0.3, -0.25) is 0 Å². The van der Waals surface area contributed by atoms with E-state index in [4.69, 9.17) is 0 Å². The second kappa shape index (κ2) is 15.0. The number of quaternary nitrogens is 1. The largest absolute Gasteiger partial charge is 1.00 e. The molecular weight excluding hydrogens is 349 g/mol. The summed E-state index contributed by atoms with van der Waals surface area (Å²) in [6.07, 6.45) is 10.5. The maximum absolute atomic E-state index is 9.40. The Morgan fingerprint density at radius 3 is 1.42 bits per heavy atom. The highest BCUT2D eigenvalue weighted by molar-refractivity contribution is 4.49. The number of nitrogens with zero attached hydrogens (tertiary/aromatic N) is 1. The predicted octanol–water partition coefficient (Wildman–Crippen LogP) is 0.980. The van der Waals surface area contributed by atoms with Gasteiger partial charge in [-0.1, -0.05) is 40.0 Å². The zero-order valence-corrected chi connectivity index (χ0v) is 15.6. The molecular formula is C16H36INO. The molecule has 0 aliphatic rings. The van der Waals surface area contributed by atoms with Crippen molar-refractivity contribution in [3.8, 4) is 0 Å². The molecule has 0 aliphatic carbocycles. The molecule has 0 saturated carbocycles. The lowest BCUT2D eigenvalue weighted by atomic mass is 10.1. The molecule has 0 unspecified atom stereocenters. The summed E-state index contributed by atoms with van der Waals surface area (Å²) in [5, 5.41) is 9.40. The van der Waals surface area contributed by atoms with E-state index in [2.05, 4.69) is 20.8 Å². The quantitative estimate of drug-likeness (QED) is 0.285. The molecule has 0 radical (unpaired) electrons. The predicted molar refractivity (Wildman–Crippen MR) is 80.8 cm³/mol. The highest BCUT2D eigenvalue weighted by atomic mass is 127. The fourth-order valence-electron chi connectivity index (χ4n) is 2.77. The van der Waals surface area contributed by atoms with Crippen molar-refractivity contribution in [2.45, 2.75) is 72.1 Å². The van der Waals surface area contributed by atoms with Crippen LogP contribution in [0.1, 0.15) is 72.1 Å². The molecule has 19 heavy (non-hydrogen) atoms. The average molecular weight is 385 g/mol. The third-order valence-corrected chi connectivity index (χ3v) is 4.03. The van der Waals surface area contributed by atoms with Crippen LogP contribution in [0.2, 0.25) is 0 Å². The summed E-state index contributed by atoms with van der Waals surface area (Å²) in [7, 11) is 0. The normalized spacial score (nSPS) is 11.4. The number of hydrogen-bond acceptors (Lipinski definition) is 1. The maximum Gasteiger partial charge on any atom is 0.102 e. The highest BCUT2D eigenvalue weighted by Gasteiger charge is 2.24. The van der Waals surface area contributed by atoms with Gasteiger partial charge in [0.2, 0.25) is 0 Å². The second-order valence-corrected chi connectivity index (χ2v) is 5.73. The average Bonchev–Trinajstić information content (AvgIpc) is 2.37. The van der Waals surface area contributed by atoms with Crippen LogP contribution in [0.5, 0.6) is 0 Å². The van der Waals surface area contributed by atoms with E-state index in [-0.39, 0.29) is 24.0 Å². The molecule has 0 spiro atoms. The van der Waals surface area contributed by atoms with Gasteiger partial charge in [0.05, 0.1) is 26.2 Å². The number of rotatable bonds is 13. The Labute approximate surface area is 138 Å². The molecule has 0 heterocycles. The molecule has 0 aromatic rings. The van der Waals surface area contributed by atoms with Gasteiger partial charge in [-0.25, -0.2) is 0 Å². The molecule has 0 atom stereocenters. The van der Waals surface area contributed by atoms with Crippen LogP contribution in [0, 0.1) is 0 Å². The topological polar surface area (TPSA) is 20.2 Å². The Balaban J connectivity index is 0. The first kappa shape index (κ1) is 21.9. The third kappa shape index (κ3) is 11.0. The first-order valence-corrected chi connectivity index (χ1v) is 8.20. The summed E-state index contributed by atoms with van der Waals surface area (Å²) >= 11 is 0. The van der Waals surface area contributed by atoms with Gasteiger partial charge in [0, 0.05) is 0 Å². The molecule has 1 N–H and O–H groups in total. The van der Waals surface area contributed by atoms with Crippen LogP contribution in [-0.2, 0) is 0 Å². The van der Waals surface area contributed by atoms with Crippen molar-refractivity contribution in [2.24, 2.45) is 0 Å². The lowest BCUT2D eigenvalue weighted by Gasteiger charge is -2.39. The maximum atomic E-state index is 9.40. The molecule has 0 bridgehead atoms. The molecule has 0 saturated heterocycles. The number of aliphatic hydroxyl groups is 1. The number of hydrogen-bond donors (Lipinski definition) is 1. The summed E-state index contributed by atoms with van der Waals surface area (Å²) in [4.78, 5) is 0. The van der Waals surface area contributed by atoms with Crippen LogP contribution in [-0.4, -0.2) is 42.4 Å². The van der Waals surface area contributed by atoms with Crippen molar-refractivity contribution in [3.05, 3.63) is 0 Å². The zero-order chi connectivity index (χ0) is 13.7. The monoisotopic (exact) mass is 385 g/mol. The smallest absolute Gasteiger partial charge is 0.102 e. The Morgan fingerprint density at radius 2 is 1.05 bits per heavy atom. The van der Waals surface area contributed by atoms with Crippen LogP contribution < -0.4 is 24.0 Å². The summed E-state index contributed by atoms with van der Waals surface area (Å²) < 4.78 is 1.17. The molecule has 0 aromatic heterocycles. The summed E-state index contributed by atoms with van der Waals surface area (Å²) in [5.41, 5.74) is 0. The van der Waals surface area contributed by atoms with Crippen LogP contribution >= 0.6 is 0 Å². The van der Waals surface area contributed by atoms with Gasteiger partial charge in [0.1, 0.15) is 6.54 Å². The van der Waals surface area contributed by atoms with Crippen molar-refractivity contribution in [3.63, 3.8) is 0 Å². The zero-order valence-electron chi connectivity index (χ0n) is 13.5. The molecule has 3 heteroatoms. The first-order chi connectivity index (χ1) is 8.74. The molecule has 118 valence electrons. The van der Waals surface area contributed by atoms with Crippen LogP contribution in [0.25, 0.3) is 0 Å². The van der Waals surface area contributed by atoms with Crippen molar-refractivity contribution in [1.29, 1.82) is 0 Å². The van der Waals surface area contributed by atoms with E-state index >= 15 is 0 Å². The van der Waals surface area contributed by atoms with Gasteiger partial charge in [0.25, 0.3) is 0 Å². The second-order valence-electron chi connectivity index (χ2n) is 5.73. The lowest BCUT2D eigenvalue weighted by molar-refractivity contribution is -0.929. The minimum atomic E-state index is 0. The Hall–Kier alpha value is 0.650. The fourth-order valence-corrected chi connectivity index (χ4v) is 2.77. The number of halogens is 1. The summed E-state index contributed by atoms with van der Waals surface area (Å²) in [6, 6.07) is 0. The van der Waals surface area contributed by atoms with E-state index in [1.165, 1.54) is 75.5 Å². The molecule has 0 aliphatic heterocycles. The summed E-state index contributed by atoms with van der Waals surface area (Å²) in [5.74, 6) is 0. The molecule has 0 rings (SSSR count). The fraction of sp³-hybridized carbons (Fsp3) is 1.00. The standard InChI is InChI=1S/C16H36NO.HI/c1-4-7-10-13-17(15-16-18,12-9-6-3)14-11-8-5-2;/h18H,4-16H2,1-3H3;1H/q+1;/p-1. The van der Waals surface area contributed by atoms with Crippen LogP contribution in [0.4, 0.5) is 0 Å². The first-order valence-electron chi connectivity index (χ1n) is 8.20. The van der Waals surface area contributed by atoms with E-state index in [1.54, 1.807) is 0 Å². The SMILES string of the molecule is CCCCC[N+](CCO)(CCCC)CCCCC.[I-]. The van der Waals surface area contributed by atoms with Gasteiger partial charge in [-0.15, -0.1) is 0 Å². The Morgan fingerprint density at radius 1 is 0.632 bits per heavy atom. The van der Waals surface area contributed by atoms with Gasteiger partial charge in [-0.2, -0.15) is 0 Å². The Bertz CT molecular complexity index is 166. The third-order valence-electron chi connectivity index (χ3n) is 4.03. The van der Waals surface area contributed by atoms with Crippen molar-refractivity contribution < 1.29 is 33.6 Å². The van der Waals surface area contributed by atoms with Crippen molar-refractivity contribution in [2.75, 3.05) is 32.8 Å². The molecule has 0 amide bonds. The highest BCUT2D eigenvalue weighted by Crippen LogP contribution is 2.15. The van der Waals surface area contributed by atoms with Crippen molar-refractivity contribution >= 4 is 0 Å². The minimum absolute atomic E-state index is 0.